The van der Waals surface area contributed by atoms with E-state index in [2.05, 4.69) is 15.4 Å². The van der Waals surface area contributed by atoms with Gasteiger partial charge in [0.1, 0.15) is 6.61 Å². The summed E-state index contributed by atoms with van der Waals surface area (Å²) in [6.07, 6.45) is -1.96. The first-order valence-corrected chi connectivity index (χ1v) is 6.51. The van der Waals surface area contributed by atoms with Crippen LogP contribution in [0.4, 0.5) is 13.2 Å². The number of hydrogen-bond donors (Lipinski definition) is 2. The molecule has 0 aromatic carbocycles. The Bertz CT molecular complexity index is 279. The fourth-order valence-corrected chi connectivity index (χ4v) is 2.07. The van der Waals surface area contributed by atoms with Crippen LogP contribution < -0.4 is 10.6 Å². The molecule has 1 heterocycles. The largest absolute Gasteiger partial charge is 0.411 e. The molecule has 0 aromatic heterocycles. The Morgan fingerprint density at radius 2 is 2.05 bits per heavy atom. The molecule has 2 N–H and O–H groups in total. The van der Waals surface area contributed by atoms with Crippen molar-refractivity contribution in [1.82, 2.24) is 10.6 Å². The Morgan fingerprint density at radius 1 is 1.42 bits per heavy atom. The zero-order chi connectivity index (χ0) is 14.3. The molecule has 1 saturated heterocycles. The van der Waals surface area contributed by atoms with E-state index in [-0.39, 0.29) is 12.5 Å². The molecule has 0 spiro atoms. The molecule has 112 valence electrons. The molecule has 0 saturated carbocycles. The minimum Gasteiger partial charge on any atom is -0.370 e. The molecule has 1 atom stereocenters. The molecule has 7 heteroatoms. The molecule has 0 unspecified atom stereocenters. The van der Waals surface area contributed by atoms with Crippen molar-refractivity contribution in [3.05, 3.63) is 0 Å². The Kier molecular flexibility index (Phi) is 6.57. The van der Waals surface area contributed by atoms with Crippen molar-refractivity contribution in [3.63, 3.8) is 0 Å². The number of piperidine rings is 1. The smallest absolute Gasteiger partial charge is 0.370 e. The fraction of sp³-hybridized carbons (Fsp3) is 0.917. The molecule has 1 fully saturated rings. The van der Waals surface area contributed by atoms with Gasteiger partial charge in [0.25, 0.3) is 0 Å². The van der Waals surface area contributed by atoms with Crippen LogP contribution in [0, 0.1) is 5.92 Å². The van der Waals surface area contributed by atoms with Gasteiger partial charge in [0.2, 0.25) is 5.91 Å². The summed E-state index contributed by atoms with van der Waals surface area (Å²) in [7, 11) is 0. The summed E-state index contributed by atoms with van der Waals surface area (Å²) >= 11 is 0. The van der Waals surface area contributed by atoms with E-state index in [4.69, 9.17) is 0 Å². The van der Waals surface area contributed by atoms with E-state index in [9.17, 15) is 18.0 Å². The number of rotatable bonds is 6. The van der Waals surface area contributed by atoms with Crippen molar-refractivity contribution in [1.29, 1.82) is 0 Å². The second-order valence-corrected chi connectivity index (χ2v) is 5.00. The lowest BCUT2D eigenvalue weighted by molar-refractivity contribution is -0.175. The molecular formula is C12H21F3N2O2. The molecule has 0 bridgehead atoms. The van der Waals surface area contributed by atoms with Gasteiger partial charge < -0.3 is 15.4 Å². The first kappa shape index (κ1) is 16.2. The Labute approximate surface area is 111 Å². The number of nitrogens with one attached hydrogen (secondary N) is 2. The predicted octanol–water partition coefficient (Wildman–Crippen LogP) is 1.46. The van der Waals surface area contributed by atoms with Crippen molar-refractivity contribution < 1.29 is 22.7 Å². The lowest BCUT2D eigenvalue weighted by Gasteiger charge is -2.23. The molecule has 0 radical (unpaired) electrons. The number of carbonyl (C=O) groups excluding carboxylic acids is 1. The summed E-state index contributed by atoms with van der Waals surface area (Å²) in [6.45, 7) is 2.07. The summed E-state index contributed by atoms with van der Waals surface area (Å²) in [5.41, 5.74) is 0. The third kappa shape index (κ3) is 8.05. The van der Waals surface area contributed by atoms with Crippen LogP contribution in [0.15, 0.2) is 0 Å². The number of halogens is 3. The highest BCUT2D eigenvalue weighted by Gasteiger charge is 2.27. The highest BCUT2D eigenvalue weighted by molar-refractivity contribution is 5.76. The van der Waals surface area contributed by atoms with Crippen LogP contribution in [0.3, 0.4) is 0 Å². The first-order chi connectivity index (χ1) is 8.87. The summed E-state index contributed by atoms with van der Waals surface area (Å²) < 4.78 is 40.1. The normalized spacial score (nSPS) is 19.2. The average Bonchev–Trinajstić information content (AvgIpc) is 2.28. The van der Waals surface area contributed by atoms with Crippen molar-refractivity contribution >= 4 is 5.91 Å². The maximum atomic E-state index is 11.9. The van der Waals surface area contributed by atoms with Gasteiger partial charge in [0.05, 0.1) is 6.61 Å². The SMILES string of the molecule is C[C@@H](COCC(F)(F)F)NC(=O)CC1CCNCC1. The van der Waals surface area contributed by atoms with Gasteiger partial charge in [-0.1, -0.05) is 0 Å². The van der Waals surface area contributed by atoms with Crippen LogP contribution in [0.25, 0.3) is 0 Å². The standard InChI is InChI=1S/C12H21F3N2O2/c1-9(7-19-8-12(13,14)15)17-11(18)6-10-2-4-16-5-3-10/h9-10,16H,2-8H2,1H3,(H,17,18)/t9-/m0/s1. The molecule has 0 aromatic rings. The van der Waals surface area contributed by atoms with E-state index >= 15 is 0 Å². The van der Waals surface area contributed by atoms with Gasteiger partial charge in [-0.05, 0) is 38.8 Å². The summed E-state index contributed by atoms with van der Waals surface area (Å²) in [5, 5.41) is 5.87. The third-order valence-electron chi connectivity index (χ3n) is 2.97. The molecule has 19 heavy (non-hydrogen) atoms. The van der Waals surface area contributed by atoms with Crippen LogP contribution in [-0.2, 0) is 9.53 Å². The summed E-state index contributed by atoms with van der Waals surface area (Å²) in [5.74, 6) is 0.250. The molecule has 1 aliphatic heterocycles. The first-order valence-electron chi connectivity index (χ1n) is 6.51. The number of hydrogen-bond acceptors (Lipinski definition) is 3. The van der Waals surface area contributed by atoms with Gasteiger partial charge in [-0.2, -0.15) is 13.2 Å². The number of carbonyl (C=O) groups is 1. The number of amides is 1. The average molecular weight is 282 g/mol. The van der Waals surface area contributed by atoms with E-state index in [1.165, 1.54) is 0 Å². The van der Waals surface area contributed by atoms with Gasteiger partial charge in [0, 0.05) is 12.5 Å². The number of alkyl halides is 3. The van der Waals surface area contributed by atoms with Gasteiger partial charge in [-0.25, -0.2) is 0 Å². The zero-order valence-electron chi connectivity index (χ0n) is 11.1. The molecular weight excluding hydrogens is 261 g/mol. The van der Waals surface area contributed by atoms with Crippen LogP contribution >= 0.6 is 0 Å². The quantitative estimate of drug-likeness (QED) is 0.775. The topological polar surface area (TPSA) is 50.4 Å². The second kappa shape index (κ2) is 7.69. The third-order valence-corrected chi connectivity index (χ3v) is 2.97. The second-order valence-electron chi connectivity index (χ2n) is 5.00. The molecule has 1 rings (SSSR count). The van der Waals surface area contributed by atoms with Crippen molar-refractivity contribution in [3.8, 4) is 0 Å². The van der Waals surface area contributed by atoms with Gasteiger partial charge in [-0.3, -0.25) is 4.79 Å². The predicted molar refractivity (Wildman–Crippen MR) is 64.7 cm³/mol. The molecule has 1 amide bonds. The van der Waals surface area contributed by atoms with Crippen molar-refractivity contribution in [2.45, 2.75) is 38.4 Å². The fourth-order valence-electron chi connectivity index (χ4n) is 2.07. The van der Waals surface area contributed by atoms with E-state index in [1.54, 1.807) is 6.92 Å². The summed E-state index contributed by atoms with van der Waals surface area (Å²) in [4.78, 5) is 11.7. The monoisotopic (exact) mass is 282 g/mol. The van der Waals surface area contributed by atoms with E-state index in [1.807, 2.05) is 0 Å². The van der Waals surface area contributed by atoms with Crippen molar-refractivity contribution in [2.24, 2.45) is 5.92 Å². The van der Waals surface area contributed by atoms with Crippen LogP contribution in [0.2, 0.25) is 0 Å². The Hall–Kier alpha value is -0.820. The van der Waals surface area contributed by atoms with Crippen molar-refractivity contribution in [2.75, 3.05) is 26.3 Å². The van der Waals surface area contributed by atoms with E-state index in [0.29, 0.717) is 12.3 Å². The van der Waals surface area contributed by atoms with Crippen LogP contribution in [0.5, 0.6) is 0 Å². The highest BCUT2D eigenvalue weighted by atomic mass is 19.4. The van der Waals surface area contributed by atoms with Gasteiger partial charge in [-0.15, -0.1) is 0 Å². The molecule has 4 nitrogen and oxygen atoms in total. The van der Waals surface area contributed by atoms with Crippen LogP contribution in [-0.4, -0.2) is 44.4 Å². The van der Waals surface area contributed by atoms with E-state index < -0.39 is 18.8 Å². The zero-order valence-corrected chi connectivity index (χ0v) is 11.1. The maximum absolute atomic E-state index is 11.9. The Balaban J connectivity index is 2.13. The number of ether oxygens (including phenoxy) is 1. The highest BCUT2D eigenvalue weighted by Crippen LogP contribution is 2.16. The molecule has 0 aliphatic carbocycles. The Morgan fingerprint density at radius 3 is 2.63 bits per heavy atom. The minimum atomic E-state index is -4.32. The maximum Gasteiger partial charge on any atom is 0.411 e. The van der Waals surface area contributed by atoms with E-state index in [0.717, 1.165) is 25.9 Å². The molecule has 1 aliphatic rings. The minimum absolute atomic E-state index is 0.116. The van der Waals surface area contributed by atoms with Gasteiger partial charge in [0.15, 0.2) is 0 Å². The van der Waals surface area contributed by atoms with Crippen LogP contribution in [0.1, 0.15) is 26.2 Å². The lowest BCUT2D eigenvalue weighted by Crippen LogP contribution is -2.39. The lowest BCUT2D eigenvalue weighted by atomic mass is 9.94. The van der Waals surface area contributed by atoms with Gasteiger partial charge >= 0.3 is 6.18 Å². The summed E-state index contributed by atoms with van der Waals surface area (Å²) in [6, 6.07) is -0.406.